The summed E-state index contributed by atoms with van der Waals surface area (Å²) in [6, 6.07) is 3.45. The third kappa shape index (κ3) is 6.38. The Morgan fingerprint density at radius 3 is 2.09 bits per heavy atom. The summed E-state index contributed by atoms with van der Waals surface area (Å²) in [5.41, 5.74) is 6.66. The zero-order chi connectivity index (χ0) is 17.2. The lowest BCUT2D eigenvalue weighted by molar-refractivity contribution is 0.266. The van der Waals surface area contributed by atoms with Crippen molar-refractivity contribution in [1.29, 1.82) is 0 Å². The number of rotatable bonds is 11. The maximum Gasteiger partial charge on any atom is 0.164 e. The van der Waals surface area contributed by atoms with E-state index in [0.29, 0.717) is 30.3 Å². The Balaban J connectivity index is 2.93. The van der Waals surface area contributed by atoms with E-state index in [1.54, 1.807) is 6.07 Å². The van der Waals surface area contributed by atoms with Crippen LogP contribution in [-0.2, 0) is 0 Å². The summed E-state index contributed by atoms with van der Waals surface area (Å²) >= 11 is 0. The van der Waals surface area contributed by atoms with E-state index in [2.05, 4.69) is 6.92 Å². The molecule has 0 bridgehead atoms. The molecule has 0 aliphatic rings. The summed E-state index contributed by atoms with van der Waals surface area (Å²) in [7, 11) is 0. The SMILES string of the molecule is CCCOc1cc(F)c(C(C)CCC(N)CC)cc1OCCC. The Morgan fingerprint density at radius 2 is 1.57 bits per heavy atom. The topological polar surface area (TPSA) is 44.5 Å². The normalized spacial score (nSPS) is 13.7. The van der Waals surface area contributed by atoms with E-state index in [9.17, 15) is 4.39 Å². The highest BCUT2D eigenvalue weighted by Gasteiger charge is 2.17. The Labute approximate surface area is 140 Å². The number of hydrogen-bond donors (Lipinski definition) is 1. The monoisotopic (exact) mass is 325 g/mol. The number of hydrogen-bond acceptors (Lipinski definition) is 3. The van der Waals surface area contributed by atoms with Crippen molar-refractivity contribution in [3.05, 3.63) is 23.5 Å². The third-order valence-corrected chi connectivity index (χ3v) is 4.01. The maximum atomic E-state index is 14.5. The second-order valence-electron chi connectivity index (χ2n) is 6.16. The minimum absolute atomic E-state index is 0.108. The second kappa shape index (κ2) is 10.5. The van der Waals surface area contributed by atoms with Crippen molar-refractivity contribution in [3.8, 4) is 11.5 Å². The summed E-state index contributed by atoms with van der Waals surface area (Å²) in [5, 5.41) is 0. The van der Waals surface area contributed by atoms with E-state index in [1.807, 2.05) is 20.8 Å². The number of nitrogens with two attached hydrogens (primary N) is 1. The van der Waals surface area contributed by atoms with Crippen LogP contribution in [0.2, 0.25) is 0 Å². The molecule has 0 saturated carbocycles. The predicted octanol–water partition coefficient (Wildman–Crippen LogP) is 5.02. The predicted molar refractivity (Wildman–Crippen MR) is 93.9 cm³/mol. The molecule has 0 radical (unpaired) electrons. The number of halogens is 1. The lowest BCUT2D eigenvalue weighted by Gasteiger charge is -2.19. The highest BCUT2D eigenvalue weighted by molar-refractivity contribution is 5.45. The first-order valence-corrected chi connectivity index (χ1v) is 8.87. The van der Waals surface area contributed by atoms with Gasteiger partial charge in [-0.2, -0.15) is 0 Å². The molecule has 0 amide bonds. The van der Waals surface area contributed by atoms with Gasteiger partial charge in [0, 0.05) is 12.1 Å². The third-order valence-electron chi connectivity index (χ3n) is 4.01. The zero-order valence-electron chi connectivity index (χ0n) is 15.0. The molecule has 0 saturated heterocycles. The molecule has 4 heteroatoms. The van der Waals surface area contributed by atoms with Gasteiger partial charge >= 0.3 is 0 Å². The molecule has 2 atom stereocenters. The Morgan fingerprint density at radius 1 is 1.00 bits per heavy atom. The van der Waals surface area contributed by atoms with Crippen LogP contribution < -0.4 is 15.2 Å². The minimum atomic E-state index is -0.225. The van der Waals surface area contributed by atoms with Crippen molar-refractivity contribution in [2.75, 3.05) is 13.2 Å². The summed E-state index contributed by atoms with van der Waals surface area (Å²) in [6.45, 7) is 9.34. The molecule has 1 rings (SSSR count). The van der Waals surface area contributed by atoms with Gasteiger partial charge in [-0.1, -0.05) is 27.7 Å². The molecule has 0 aromatic heterocycles. The van der Waals surface area contributed by atoms with Gasteiger partial charge in [-0.25, -0.2) is 4.39 Å². The summed E-state index contributed by atoms with van der Waals surface area (Å²) < 4.78 is 25.9. The smallest absolute Gasteiger partial charge is 0.164 e. The average molecular weight is 325 g/mol. The van der Waals surface area contributed by atoms with Crippen LogP contribution in [0.1, 0.15) is 71.3 Å². The molecule has 132 valence electrons. The maximum absolute atomic E-state index is 14.5. The minimum Gasteiger partial charge on any atom is -0.490 e. The molecule has 2 N–H and O–H groups in total. The van der Waals surface area contributed by atoms with Crippen molar-refractivity contribution in [2.24, 2.45) is 5.73 Å². The highest BCUT2D eigenvalue weighted by Crippen LogP contribution is 2.35. The molecule has 0 spiro atoms. The molecular formula is C19H32FNO2. The van der Waals surface area contributed by atoms with E-state index in [4.69, 9.17) is 15.2 Å². The lowest BCUT2D eigenvalue weighted by Crippen LogP contribution is -2.19. The largest absolute Gasteiger partial charge is 0.490 e. The van der Waals surface area contributed by atoms with Crippen LogP contribution in [0.5, 0.6) is 11.5 Å². The Hall–Kier alpha value is -1.29. The van der Waals surface area contributed by atoms with Crippen molar-refractivity contribution >= 4 is 0 Å². The number of ether oxygens (including phenoxy) is 2. The van der Waals surface area contributed by atoms with Gasteiger partial charge in [0.2, 0.25) is 0 Å². The van der Waals surface area contributed by atoms with E-state index in [0.717, 1.165) is 32.1 Å². The van der Waals surface area contributed by atoms with E-state index < -0.39 is 0 Å². The van der Waals surface area contributed by atoms with Crippen molar-refractivity contribution in [2.45, 2.75) is 71.8 Å². The fourth-order valence-corrected chi connectivity index (χ4v) is 2.40. The molecule has 0 aliphatic heterocycles. The molecule has 0 fully saturated rings. The molecule has 1 aromatic carbocycles. The zero-order valence-corrected chi connectivity index (χ0v) is 15.0. The molecule has 0 aliphatic carbocycles. The highest BCUT2D eigenvalue weighted by atomic mass is 19.1. The van der Waals surface area contributed by atoms with Crippen molar-refractivity contribution < 1.29 is 13.9 Å². The molecule has 23 heavy (non-hydrogen) atoms. The first-order chi connectivity index (χ1) is 11.0. The standard InChI is InChI=1S/C19H32FNO2/c1-5-10-22-18-12-16(14(4)8-9-15(21)7-3)17(20)13-19(18)23-11-6-2/h12-15H,5-11,21H2,1-4H3. The van der Waals surface area contributed by atoms with Crippen LogP contribution in [0.15, 0.2) is 12.1 Å². The Bertz CT molecular complexity index is 465. The van der Waals surface area contributed by atoms with Gasteiger partial charge < -0.3 is 15.2 Å². The van der Waals surface area contributed by atoms with Crippen LogP contribution in [-0.4, -0.2) is 19.3 Å². The van der Waals surface area contributed by atoms with Crippen LogP contribution in [0.3, 0.4) is 0 Å². The summed E-state index contributed by atoms with van der Waals surface area (Å²) in [5.74, 6) is 1.02. The van der Waals surface area contributed by atoms with Gasteiger partial charge in [-0.3, -0.25) is 0 Å². The van der Waals surface area contributed by atoms with Crippen molar-refractivity contribution in [1.82, 2.24) is 0 Å². The molecule has 1 aromatic rings. The number of benzene rings is 1. The van der Waals surface area contributed by atoms with Crippen LogP contribution in [0, 0.1) is 5.82 Å². The fourth-order valence-electron chi connectivity index (χ4n) is 2.40. The summed E-state index contributed by atoms with van der Waals surface area (Å²) in [4.78, 5) is 0. The van der Waals surface area contributed by atoms with E-state index in [-0.39, 0.29) is 17.8 Å². The fraction of sp³-hybridized carbons (Fsp3) is 0.684. The average Bonchev–Trinajstić information content (AvgIpc) is 2.56. The summed E-state index contributed by atoms with van der Waals surface area (Å²) in [6.07, 6.45) is 4.50. The molecule has 2 unspecified atom stereocenters. The van der Waals surface area contributed by atoms with Crippen LogP contribution in [0.25, 0.3) is 0 Å². The molecular weight excluding hydrogens is 293 g/mol. The van der Waals surface area contributed by atoms with Gasteiger partial charge in [0.1, 0.15) is 5.82 Å². The molecule has 0 heterocycles. The van der Waals surface area contributed by atoms with Gasteiger partial charge in [-0.05, 0) is 49.7 Å². The van der Waals surface area contributed by atoms with Gasteiger partial charge in [-0.15, -0.1) is 0 Å². The van der Waals surface area contributed by atoms with E-state index >= 15 is 0 Å². The van der Waals surface area contributed by atoms with Crippen molar-refractivity contribution in [3.63, 3.8) is 0 Å². The van der Waals surface area contributed by atoms with Gasteiger partial charge in [0.25, 0.3) is 0 Å². The lowest BCUT2D eigenvalue weighted by atomic mass is 9.93. The van der Waals surface area contributed by atoms with Gasteiger partial charge in [0.15, 0.2) is 11.5 Å². The Kier molecular flexibility index (Phi) is 9.00. The van der Waals surface area contributed by atoms with E-state index in [1.165, 1.54) is 6.07 Å². The van der Waals surface area contributed by atoms with Gasteiger partial charge in [0.05, 0.1) is 13.2 Å². The first kappa shape index (κ1) is 19.8. The van der Waals surface area contributed by atoms with Crippen LogP contribution >= 0.6 is 0 Å². The second-order valence-corrected chi connectivity index (χ2v) is 6.16. The van der Waals surface area contributed by atoms with Crippen LogP contribution in [0.4, 0.5) is 4.39 Å². The first-order valence-electron chi connectivity index (χ1n) is 8.87. The molecule has 3 nitrogen and oxygen atoms in total. The quantitative estimate of drug-likeness (QED) is 0.621.